The fraction of sp³-hybridized carbons (Fsp3) is 0.586. The lowest BCUT2D eigenvalue weighted by Crippen LogP contribution is -2.32. The summed E-state index contributed by atoms with van der Waals surface area (Å²) in [6, 6.07) is 8.82. The monoisotopic (exact) mass is 453 g/mol. The van der Waals surface area contributed by atoms with Crippen LogP contribution in [0.25, 0.3) is 6.08 Å². The number of rotatable bonds is 11. The molecule has 3 atom stereocenters. The molecule has 2 aliphatic heterocycles. The Morgan fingerprint density at radius 2 is 1.70 bits per heavy atom. The van der Waals surface area contributed by atoms with Crippen LogP contribution in [0.1, 0.15) is 79.7 Å². The van der Waals surface area contributed by atoms with Gasteiger partial charge in [-0.2, -0.15) is 0 Å². The predicted molar refractivity (Wildman–Crippen MR) is 137 cm³/mol. The highest BCUT2D eigenvalue weighted by molar-refractivity contribution is 5.51. The van der Waals surface area contributed by atoms with Crippen LogP contribution in [0.2, 0.25) is 0 Å². The third-order valence-electron chi connectivity index (χ3n) is 6.96. The highest BCUT2D eigenvalue weighted by Crippen LogP contribution is 2.34. The summed E-state index contributed by atoms with van der Waals surface area (Å²) < 4.78 is 18.2. The lowest BCUT2D eigenvalue weighted by atomic mass is 9.96. The lowest BCUT2D eigenvalue weighted by molar-refractivity contribution is -0.0453. The number of nitrogens with one attached hydrogen (secondary N) is 1. The Morgan fingerprint density at radius 1 is 1.03 bits per heavy atom. The number of hydrogen-bond acceptors (Lipinski definition) is 4. The summed E-state index contributed by atoms with van der Waals surface area (Å²) in [5, 5.41) is 3.51. The quantitative estimate of drug-likeness (QED) is 0.295. The number of benzene rings is 1. The molecule has 0 amide bonds. The van der Waals surface area contributed by atoms with E-state index in [2.05, 4.69) is 84.1 Å². The van der Waals surface area contributed by atoms with Crippen LogP contribution in [0.4, 0.5) is 0 Å². The number of hydrogen-bond donors (Lipinski definition) is 1. The molecule has 182 valence electrons. The molecule has 0 spiro atoms. The number of ether oxygens (including phenoxy) is 3. The Kier molecular flexibility index (Phi) is 8.60. The molecule has 2 aliphatic rings. The first kappa shape index (κ1) is 25.7. The van der Waals surface area contributed by atoms with E-state index in [1.165, 1.54) is 17.6 Å². The highest BCUT2D eigenvalue weighted by atomic mass is 16.7. The first-order valence-corrected chi connectivity index (χ1v) is 12.4. The van der Waals surface area contributed by atoms with Gasteiger partial charge in [0, 0.05) is 11.6 Å². The van der Waals surface area contributed by atoms with E-state index >= 15 is 0 Å². The van der Waals surface area contributed by atoms with Crippen molar-refractivity contribution in [2.45, 2.75) is 104 Å². The Balaban J connectivity index is 1.42. The van der Waals surface area contributed by atoms with E-state index in [1.54, 1.807) is 0 Å². The molecule has 0 aromatic heterocycles. The molecule has 0 bridgehead atoms. The largest absolute Gasteiger partial charge is 0.490 e. The van der Waals surface area contributed by atoms with Crippen LogP contribution < -0.4 is 10.1 Å². The summed E-state index contributed by atoms with van der Waals surface area (Å²) in [4.78, 5) is 0. The van der Waals surface area contributed by atoms with Crippen molar-refractivity contribution in [3.05, 3.63) is 59.2 Å². The topological polar surface area (TPSA) is 49.6 Å². The fourth-order valence-corrected chi connectivity index (χ4v) is 4.19. The minimum absolute atomic E-state index is 0.0985. The molecule has 33 heavy (non-hydrogen) atoms. The highest BCUT2D eigenvalue weighted by Gasteiger charge is 2.43. The van der Waals surface area contributed by atoms with Crippen LogP contribution in [0, 0.1) is 0 Å². The molecule has 3 rings (SSSR count). The van der Waals surface area contributed by atoms with E-state index in [-0.39, 0.29) is 18.0 Å². The maximum atomic E-state index is 6.17. The lowest BCUT2D eigenvalue weighted by Gasteiger charge is -2.23. The van der Waals surface area contributed by atoms with E-state index in [0.717, 1.165) is 30.6 Å². The van der Waals surface area contributed by atoms with Crippen molar-refractivity contribution >= 4 is 6.08 Å². The van der Waals surface area contributed by atoms with Crippen molar-refractivity contribution in [1.82, 2.24) is 5.32 Å². The van der Waals surface area contributed by atoms with Crippen LogP contribution in [0.15, 0.2) is 53.6 Å². The summed E-state index contributed by atoms with van der Waals surface area (Å²) >= 11 is 0. The number of allylic oxidation sites excluding steroid dienone is 3. The van der Waals surface area contributed by atoms with Crippen molar-refractivity contribution in [2.75, 3.05) is 6.61 Å². The minimum atomic E-state index is -0.309. The average Bonchev–Trinajstić information content (AvgIpc) is 3.27. The molecule has 2 fully saturated rings. The summed E-state index contributed by atoms with van der Waals surface area (Å²) in [7, 11) is 0. The molecule has 0 radical (unpaired) electrons. The minimum Gasteiger partial charge on any atom is -0.490 e. The molecule has 4 nitrogen and oxygen atoms in total. The van der Waals surface area contributed by atoms with Gasteiger partial charge in [0.25, 0.3) is 0 Å². The Hall–Kier alpha value is -1.88. The van der Waals surface area contributed by atoms with Crippen LogP contribution in [-0.2, 0) is 9.47 Å². The van der Waals surface area contributed by atoms with E-state index in [9.17, 15) is 0 Å². The molecule has 2 unspecified atom stereocenters. The first-order valence-electron chi connectivity index (χ1n) is 12.4. The third-order valence-corrected chi connectivity index (χ3v) is 6.96. The predicted octanol–water partition coefficient (Wildman–Crippen LogP) is 6.82. The van der Waals surface area contributed by atoms with E-state index in [1.807, 2.05) is 18.2 Å². The van der Waals surface area contributed by atoms with Crippen LogP contribution in [0.5, 0.6) is 5.75 Å². The molecule has 2 saturated heterocycles. The van der Waals surface area contributed by atoms with Crippen molar-refractivity contribution in [1.29, 1.82) is 0 Å². The molecule has 2 heterocycles. The summed E-state index contributed by atoms with van der Waals surface area (Å²) in [5.41, 5.74) is 3.93. The molecule has 4 heteroatoms. The van der Waals surface area contributed by atoms with Crippen LogP contribution >= 0.6 is 0 Å². The van der Waals surface area contributed by atoms with Crippen molar-refractivity contribution in [2.24, 2.45) is 0 Å². The van der Waals surface area contributed by atoms with E-state index in [4.69, 9.17) is 14.2 Å². The van der Waals surface area contributed by atoms with Gasteiger partial charge in [-0.1, -0.05) is 35.4 Å². The second-order valence-electron chi connectivity index (χ2n) is 10.6. The normalized spacial score (nSPS) is 26.7. The van der Waals surface area contributed by atoms with Gasteiger partial charge in [0.15, 0.2) is 6.29 Å². The Labute approximate surface area is 201 Å². The summed E-state index contributed by atoms with van der Waals surface area (Å²) in [6.45, 7) is 15.8. The smallest absolute Gasteiger partial charge is 0.178 e. The van der Waals surface area contributed by atoms with Crippen molar-refractivity contribution in [3.8, 4) is 5.75 Å². The van der Waals surface area contributed by atoms with Gasteiger partial charge < -0.3 is 19.5 Å². The fourth-order valence-electron chi connectivity index (χ4n) is 4.19. The molecular formula is C29H43NO3. The molecule has 0 saturated carbocycles. The van der Waals surface area contributed by atoms with Gasteiger partial charge in [-0.25, -0.2) is 0 Å². The molecule has 1 aromatic carbocycles. The van der Waals surface area contributed by atoms with Crippen LogP contribution in [-0.4, -0.2) is 36.2 Å². The molecule has 1 N–H and O–H groups in total. The average molecular weight is 454 g/mol. The Morgan fingerprint density at radius 3 is 2.33 bits per heavy atom. The zero-order chi connectivity index (χ0) is 24.1. The zero-order valence-corrected chi connectivity index (χ0v) is 21.6. The molecular weight excluding hydrogens is 410 g/mol. The van der Waals surface area contributed by atoms with Gasteiger partial charge in [-0.15, -0.1) is 0 Å². The standard InChI is InChI=1S/C29H43NO3/c1-8-21(2)10-17-26-29(6,7)33-27(32-26)18-13-23-11-14-24(15-12-23)31-20-19-22(3)9-16-25-28(4,5)30-25/h8,11-15,18-19,25-27,30H,9-10,16-17,20H2,1-7H3/b18-13?,21-8+,22-19+/t25?,26-,27?/m1/s1. The summed E-state index contributed by atoms with van der Waals surface area (Å²) in [6.07, 6.45) is 12.5. The zero-order valence-electron chi connectivity index (χ0n) is 21.6. The third kappa shape index (κ3) is 7.84. The van der Waals surface area contributed by atoms with E-state index < -0.39 is 0 Å². The maximum absolute atomic E-state index is 6.17. The summed E-state index contributed by atoms with van der Waals surface area (Å²) in [5.74, 6) is 0.884. The van der Waals surface area contributed by atoms with Crippen molar-refractivity contribution < 1.29 is 14.2 Å². The SMILES string of the molecule is C/C=C(\C)CC[C@H]1OC(C=Cc2ccc(OC/C=C(\C)CCC3NC3(C)C)cc2)OC1(C)C. The molecule has 0 aliphatic carbocycles. The van der Waals surface area contributed by atoms with Crippen molar-refractivity contribution in [3.63, 3.8) is 0 Å². The van der Waals surface area contributed by atoms with Gasteiger partial charge in [0.2, 0.25) is 0 Å². The van der Waals surface area contributed by atoms with Gasteiger partial charge in [0.05, 0.1) is 11.7 Å². The van der Waals surface area contributed by atoms with Gasteiger partial charge in [0.1, 0.15) is 12.4 Å². The van der Waals surface area contributed by atoms with E-state index in [0.29, 0.717) is 18.2 Å². The second-order valence-corrected chi connectivity index (χ2v) is 10.6. The first-order chi connectivity index (χ1) is 15.6. The van der Waals surface area contributed by atoms with Gasteiger partial charge >= 0.3 is 0 Å². The second kappa shape index (κ2) is 11.0. The van der Waals surface area contributed by atoms with Gasteiger partial charge in [-0.3, -0.25) is 0 Å². The van der Waals surface area contributed by atoms with Gasteiger partial charge in [-0.05, 0) is 104 Å². The molecule has 1 aromatic rings. The van der Waals surface area contributed by atoms with Crippen LogP contribution in [0.3, 0.4) is 0 Å². The Bertz CT molecular complexity index is 863. The maximum Gasteiger partial charge on any atom is 0.178 e.